The molecule has 10 heteroatoms. The number of nitrogen functional groups attached to an aromatic ring is 1. The van der Waals surface area contributed by atoms with Crippen LogP contribution in [0.5, 0.6) is 5.75 Å². The predicted octanol–water partition coefficient (Wildman–Crippen LogP) is 7.26. The molecule has 2 heterocycles. The number of halogens is 1. The molecular weight excluding hydrogens is 547 g/mol. The molecule has 1 amide bonds. The summed E-state index contributed by atoms with van der Waals surface area (Å²) >= 11 is 0. The van der Waals surface area contributed by atoms with Crippen LogP contribution in [0.4, 0.5) is 21.7 Å². The summed E-state index contributed by atoms with van der Waals surface area (Å²) in [5.41, 5.74) is 14.4. The molecule has 0 aliphatic heterocycles. The van der Waals surface area contributed by atoms with Crippen molar-refractivity contribution in [2.24, 2.45) is 23.5 Å². The van der Waals surface area contributed by atoms with Gasteiger partial charge in [-0.1, -0.05) is 50.0 Å². The molecule has 6 N–H and O–H groups in total. The first-order valence-corrected chi connectivity index (χ1v) is 15.1. The maximum atomic E-state index is 13.4. The lowest BCUT2D eigenvalue weighted by Gasteiger charge is -2.32. The second-order valence-corrected chi connectivity index (χ2v) is 12.5. The molecule has 9 nitrogen and oxygen atoms in total. The van der Waals surface area contributed by atoms with E-state index in [4.69, 9.17) is 20.7 Å². The Labute approximate surface area is 250 Å². The molecule has 4 unspecified atom stereocenters. The number of hydrogen-bond donors (Lipinski definition) is 4. The maximum Gasteiger partial charge on any atom is 0.254 e. The minimum absolute atomic E-state index is 0.0860. The van der Waals surface area contributed by atoms with E-state index in [9.17, 15) is 9.18 Å². The molecule has 4 aromatic rings. The fourth-order valence-corrected chi connectivity index (χ4v) is 7.28. The van der Waals surface area contributed by atoms with Crippen LogP contribution in [-0.2, 0) is 5.41 Å². The molecule has 0 spiro atoms. The molecule has 0 radical (unpaired) electrons. The number of carbonyl (C=O) groups is 1. The molecule has 2 aromatic heterocycles. The number of ether oxygens (including phenoxy) is 1. The van der Waals surface area contributed by atoms with Crippen LogP contribution in [0.1, 0.15) is 87.1 Å². The number of nitrogens with one attached hydrogen (secondary N) is 2. The first-order chi connectivity index (χ1) is 20.6. The van der Waals surface area contributed by atoms with E-state index in [-0.39, 0.29) is 22.6 Å². The van der Waals surface area contributed by atoms with Gasteiger partial charge in [-0.05, 0) is 80.2 Å². The summed E-state index contributed by atoms with van der Waals surface area (Å²) in [5.74, 6) is 3.20. The molecule has 43 heavy (non-hydrogen) atoms. The summed E-state index contributed by atoms with van der Waals surface area (Å²) < 4.78 is 25.4. The summed E-state index contributed by atoms with van der Waals surface area (Å²) in [4.78, 5) is 12.7. The first-order valence-electron chi connectivity index (χ1n) is 15.1. The number of fused-ring (bicyclic) bond motifs is 4. The second-order valence-electron chi connectivity index (χ2n) is 12.5. The van der Waals surface area contributed by atoms with E-state index in [1.807, 2.05) is 13.0 Å². The van der Waals surface area contributed by atoms with Gasteiger partial charge in [0.15, 0.2) is 11.6 Å². The quantitative estimate of drug-likeness (QED) is 0.151. The largest absolute Gasteiger partial charge is 0.484 e. The van der Waals surface area contributed by atoms with Crippen LogP contribution in [0.3, 0.4) is 0 Å². The van der Waals surface area contributed by atoms with Crippen molar-refractivity contribution in [1.82, 2.24) is 15.4 Å². The van der Waals surface area contributed by atoms with E-state index in [0.29, 0.717) is 40.3 Å². The fraction of sp³-hybridized carbons (Fsp3) is 0.424. The van der Waals surface area contributed by atoms with E-state index in [1.165, 1.54) is 37.8 Å². The van der Waals surface area contributed by atoms with Gasteiger partial charge in [0, 0.05) is 17.0 Å². The third-order valence-electron chi connectivity index (χ3n) is 9.53. The highest BCUT2D eigenvalue weighted by Gasteiger charge is 2.44. The Morgan fingerprint density at radius 2 is 2.00 bits per heavy atom. The van der Waals surface area contributed by atoms with Crippen LogP contribution < -0.4 is 21.5 Å². The van der Waals surface area contributed by atoms with Crippen LogP contribution >= 0.6 is 0 Å². The Bertz CT molecular complexity index is 1620. The predicted molar refractivity (Wildman–Crippen MR) is 163 cm³/mol. The number of aromatic amines is 1. The Morgan fingerprint density at radius 1 is 1.21 bits per heavy atom. The van der Waals surface area contributed by atoms with E-state index < -0.39 is 12.0 Å². The van der Waals surface area contributed by atoms with Gasteiger partial charge in [-0.15, -0.1) is 0 Å². The zero-order valence-corrected chi connectivity index (χ0v) is 24.8. The van der Waals surface area contributed by atoms with Crippen LogP contribution in [0.25, 0.3) is 11.3 Å². The van der Waals surface area contributed by atoms with Gasteiger partial charge in [-0.2, -0.15) is 5.10 Å². The number of nitrogens with two attached hydrogens (primary N) is 2. The lowest BCUT2D eigenvalue weighted by Crippen LogP contribution is -2.24. The number of primary amides is 1. The average molecular weight is 587 g/mol. The smallest absolute Gasteiger partial charge is 0.254 e. The number of benzene rings is 2. The van der Waals surface area contributed by atoms with Crippen LogP contribution in [0, 0.1) is 23.6 Å². The van der Waals surface area contributed by atoms with Crippen LogP contribution in [0.15, 0.2) is 53.1 Å². The zero-order valence-electron chi connectivity index (χ0n) is 24.8. The van der Waals surface area contributed by atoms with Crippen LogP contribution in [-0.4, -0.2) is 21.3 Å². The third kappa shape index (κ3) is 5.70. The van der Waals surface area contributed by atoms with Gasteiger partial charge in [0.2, 0.25) is 0 Å². The number of hydrogen-bond acceptors (Lipinski definition) is 7. The molecule has 7 rings (SSSR count). The highest BCUT2D eigenvalue weighted by molar-refractivity contribution is 6.04. The van der Waals surface area contributed by atoms with Gasteiger partial charge in [-0.3, -0.25) is 9.89 Å². The van der Waals surface area contributed by atoms with E-state index in [0.717, 1.165) is 30.1 Å². The molecule has 3 fully saturated rings. The van der Waals surface area contributed by atoms with E-state index >= 15 is 0 Å². The minimum atomic E-state index is -0.660. The lowest BCUT2D eigenvalue weighted by molar-refractivity contribution is 0.100. The monoisotopic (exact) mass is 586 g/mol. The number of aromatic nitrogens is 3. The minimum Gasteiger partial charge on any atom is -0.484 e. The molecule has 5 atom stereocenters. The molecule has 226 valence electrons. The summed E-state index contributed by atoms with van der Waals surface area (Å²) in [5, 5.41) is 14.7. The molecule has 0 saturated heterocycles. The summed E-state index contributed by atoms with van der Waals surface area (Å²) in [7, 11) is 0. The van der Waals surface area contributed by atoms with Crippen molar-refractivity contribution in [2.75, 3.05) is 11.1 Å². The highest BCUT2D eigenvalue weighted by Crippen LogP contribution is 2.52. The molecule has 3 aliphatic rings. The number of amides is 1. The number of nitrogens with zero attached hydrogens (tertiary/aromatic N) is 2. The number of rotatable bonds is 9. The summed E-state index contributed by atoms with van der Waals surface area (Å²) in [6.45, 7) is 6.45. The number of carbonyl (C=O) groups excluding carboxylic acids is 1. The van der Waals surface area contributed by atoms with Gasteiger partial charge >= 0.3 is 0 Å². The fourth-order valence-electron chi connectivity index (χ4n) is 7.28. The van der Waals surface area contributed by atoms with Gasteiger partial charge in [0.1, 0.15) is 29.0 Å². The van der Waals surface area contributed by atoms with Crippen LogP contribution in [0.2, 0.25) is 0 Å². The van der Waals surface area contributed by atoms with Gasteiger partial charge < -0.3 is 26.0 Å². The SMILES string of the molecule is CCC1CC2CCC1CC(C)(c1cc(Nc3n[nH]c(-c4ccc(N)c(O[C@@H](C)c5ccc(F)cc5)c4)c3C(N)=O)no1)C2. The average Bonchev–Trinajstić information content (AvgIpc) is 3.56. The Morgan fingerprint density at radius 3 is 2.74 bits per heavy atom. The first kappa shape index (κ1) is 28.8. The van der Waals surface area contributed by atoms with Crippen molar-refractivity contribution in [1.29, 1.82) is 0 Å². The summed E-state index contributed by atoms with van der Waals surface area (Å²) in [6, 6.07) is 13.2. The Hall–Kier alpha value is -4.34. The standard InChI is InChI=1S/C33H39FN6O3/c1-4-20-13-19-5-6-23(20)17-33(3,16-19)27-15-28(40-43-27)37-32-29(31(36)41)30(38-39-32)22-9-12-25(35)26(14-22)42-18(2)21-7-10-24(34)11-8-21/h7-12,14-15,18-20,23H,4-6,13,16-17,35H2,1-3H3,(H2,36,41)(H2,37,38,39,40)/t18-,19?,20?,23?,33?/m0/s1. The molecule has 3 saturated carbocycles. The Balaban J connectivity index is 1.24. The van der Waals surface area contributed by atoms with Crippen molar-refractivity contribution >= 4 is 23.2 Å². The van der Waals surface area contributed by atoms with Crippen molar-refractivity contribution in [3.8, 4) is 17.0 Å². The van der Waals surface area contributed by atoms with Crippen molar-refractivity contribution in [3.05, 3.63) is 71.2 Å². The molecular formula is C33H39FN6O3. The number of anilines is 3. The van der Waals surface area contributed by atoms with Crippen molar-refractivity contribution in [2.45, 2.75) is 70.8 Å². The second kappa shape index (κ2) is 11.4. The lowest BCUT2D eigenvalue weighted by atomic mass is 9.74. The van der Waals surface area contributed by atoms with E-state index in [2.05, 4.69) is 34.5 Å². The van der Waals surface area contributed by atoms with Gasteiger partial charge in [-0.25, -0.2) is 4.39 Å². The van der Waals surface area contributed by atoms with Gasteiger partial charge in [0.25, 0.3) is 5.91 Å². The zero-order chi connectivity index (χ0) is 30.3. The summed E-state index contributed by atoms with van der Waals surface area (Å²) in [6.07, 6.45) is 6.90. The maximum absolute atomic E-state index is 13.4. The van der Waals surface area contributed by atoms with Crippen molar-refractivity contribution < 1.29 is 18.4 Å². The highest BCUT2D eigenvalue weighted by atomic mass is 19.1. The van der Waals surface area contributed by atoms with Crippen molar-refractivity contribution in [3.63, 3.8) is 0 Å². The third-order valence-corrected chi connectivity index (χ3v) is 9.53. The molecule has 2 bridgehead atoms. The topological polar surface area (TPSA) is 145 Å². The molecule has 3 aliphatic carbocycles. The van der Waals surface area contributed by atoms with Gasteiger partial charge in [0.05, 0.1) is 11.4 Å². The molecule has 2 aromatic carbocycles. The Kier molecular flexibility index (Phi) is 7.62. The normalized spacial score (nSPS) is 24.0. The number of H-pyrrole nitrogens is 1. The van der Waals surface area contributed by atoms with E-state index in [1.54, 1.807) is 30.3 Å².